The lowest BCUT2D eigenvalue weighted by molar-refractivity contribution is -0.126. The van der Waals surface area contributed by atoms with Gasteiger partial charge in [0.2, 0.25) is 0 Å². The number of carbonyl (C=O) groups excluding carboxylic acids is 1. The molecular weight excluding hydrogens is 217 g/mol. The Hall–Kier alpha value is -1.22. The van der Waals surface area contributed by atoms with Crippen LogP contribution in [0.25, 0.3) is 0 Å². The van der Waals surface area contributed by atoms with Gasteiger partial charge >= 0.3 is 0 Å². The molecule has 96 valence electrons. The number of nitrogens with zero attached hydrogens (tertiary/aromatic N) is 1. The quantitative estimate of drug-likeness (QED) is 0.803. The number of likely N-dealkylation sites (N-methyl/N-ethyl adjacent to an activating group) is 1. The first-order valence-electron chi connectivity index (χ1n) is 5.39. The van der Waals surface area contributed by atoms with Gasteiger partial charge < -0.3 is 0 Å². The number of hydrogen-bond acceptors (Lipinski definition) is 2. The molecule has 0 aromatic heterocycles. The van der Waals surface area contributed by atoms with E-state index in [1.54, 1.807) is 37.2 Å². The fourth-order valence-electron chi connectivity index (χ4n) is 1.70. The lowest BCUT2D eigenvalue weighted by atomic mass is 9.94. The molecule has 1 aromatic rings. The van der Waals surface area contributed by atoms with Gasteiger partial charge in [-0.2, -0.15) is 0 Å². The van der Waals surface area contributed by atoms with Crippen LogP contribution in [0.1, 0.15) is 32.9 Å². The zero-order valence-electron chi connectivity index (χ0n) is 10.2. The lowest BCUT2D eigenvalue weighted by Crippen LogP contribution is -2.31. The molecule has 17 heavy (non-hydrogen) atoms. The van der Waals surface area contributed by atoms with E-state index in [4.69, 9.17) is 0 Å². The van der Waals surface area contributed by atoms with Crippen molar-refractivity contribution in [2.75, 3.05) is 14.1 Å². The van der Waals surface area contributed by atoms with Crippen molar-refractivity contribution in [1.29, 1.82) is 0 Å². The first-order valence-corrected chi connectivity index (χ1v) is 5.39. The smallest absolute Gasteiger partial charge is 0.157 e. The highest BCUT2D eigenvalue weighted by Crippen LogP contribution is 2.24. The maximum absolute atomic E-state index is 13.6. The molecule has 2 nitrogen and oxygen atoms in total. The van der Waals surface area contributed by atoms with Gasteiger partial charge in [-0.05, 0) is 20.2 Å². The molecule has 0 amide bonds. The van der Waals surface area contributed by atoms with Gasteiger partial charge in [0.05, 0.1) is 6.04 Å². The summed E-state index contributed by atoms with van der Waals surface area (Å²) in [6, 6.07) is 5.94. The van der Waals surface area contributed by atoms with E-state index >= 15 is 0 Å². The highest BCUT2D eigenvalue weighted by molar-refractivity contribution is 5.86. The summed E-state index contributed by atoms with van der Waals surface area (Å²) in [4.78, 5) is 13.8. The van der Waals surface area contributed by atoms with Crippen molar-refractivity contribution in [3.63, 3.8) is 0 Å². The molecule has 0 radical (unpaired) electrons. The second-order valence-electron chi connectivity index (χ2n) is 4.44. The number of Topliss-reactive ketones (excluding diaryl/α,β-unsaturated/α-hetero) is 1. The number of carbonyl (C=O) groups is 1. The van der Waals surface area contributed by atoms with Gasteiger partial charge in [0.1, 0.15) is 5.82 Å². The molecule has 1 rings (SSSR count). The molecule has 0 heterocycles. The molecular formula is C14H22FNO. The standard InChI is InChI=1S/C13H18FNO.CH4/c1-9(2)13(16)12(15(3)4)10-7-5-6-8-11(10)14;/h5-9,12H,1-4H3;1H4. The van der Waals surface area contributed by atoms with Crippen molar-refractivity contribution in [2.45, 2.75) is 27.3 Å². The van der Waals surface area contributed by atoms with Crippen molar-refractivity contribution in [1.82, 2.24) is 4.90 Å². The van der Waals surface area contributed by atoms with E-state index in [1.807, 2.05) is 13.8 Å². The van der Waals surface area contributed by atoms with Crippen molar-refractivity contribution >= 4 is 5.78 Å². The van der Waals surface area contributed by atoms with Crippen molar-refractivity contribution in [3.05, 3.63) is 35.6 Å². The molecule has 1 aromatic carbocycles. The molecule has 0 saturated carbocycles. The van der Waals surface area contributed by atoms with E-state index in [2.05, 4.69) is 0 Å². The van der Waals surface area contributed by atoms with Crippen LogP contribution >= 0.6 is 0 Å². The van der Waals surface area contributed by atoms with Gasteiger partial charge in [-0.1, -0.05) is 39.5 Å². The van der Waals surface area contributed by atoms with Gasteiger partial charge in [0.25, 0.3) is 0 Å². The Bertz CT molecular complexity index is 374. The minimum atomic E-state index is -0.499. The van der Waals surface area contributed by atoms with E-state index in [-0.39, 0.29) is 24.9 Å². The Morgan fingerprint density at radius 1 is 1.24 bits per heavy atom. The van der Waals surface area contributed by atoms with Gasteiger partial charge in [-0.25, -0.2) is 4.39 Å². The molecule has 0 bridgehead atoms. The minimum Gasteiger partial charge on any atom is -0.297 e. The van der Waals surface area contributed by atoms with Gasteiger partial charge in [-0.3, -0.25) is 9.69 Å². The van der Waals surface area contributed by atoms with E-state index in [0.29, 0.717) is 5.56 Å². The molecule has 3 heteroatoms. The first-order chi connectivity index (χ1) is 7.45. The maximum atomic E-state index is 13.6. The normalized spacial score (nSPS) is 12.4. The van der Waals surface area contributed by atoms with Crippen LogP contribution in [-0.2, 0) is 4.79 Å². The highest BCUT2D eigenvalue weighted by Gasteiger charge is 2.27. The third-order valence-electron chi connectivity index (χ3n) is 2.55. The predicted octanol–water partition coefficient (Wildman–Crippen LogP) is 3.29. The molecule has 0 saturated heterocycles. The van der Waals surface area contributed by atoms with Gasteiger partial charge in [0.15, 0.2) is 5.78 Å². The summed E-state index contributed by atoms with van der Waals surface area (Å²) in [6.45, 7) is 3.67. The molecule has 0 spiro atoms. The minimum absolute atomic E-state index is 0. The van der Waals surface area contributed by atoms with E-state index in [9.17, 15) is 9.18 Å². The fraction of sp³-hybridized carbons (Fsp3) is 0.500. The lowest BCUT2D eigenvalue weighted by Gasteiger charge is -2.25. The number of halogens is 1. The van der Waals surface area contributed by atoms with Crippen LogP contribution in [0.2, 0.25) is 0 Å². The van der Waals surface area contributed by atoms with E-state index in [1.165, 1.54) is 6.07 Å². The SMILES string of the molecule is C.CC(C)C(=O)C(c1ccccc1F)N(C)C. The average molecular weight is 239 g/mol. The van der Waals surface area contributed by atoms with Crippen LogP contribution in [0.15, 0.2) is 24.3 Å². The fourth-order valence-corrected chi connectivity index (χ4v) is 1.70. The maximum Gasteiger partial charge on any atom is 0.157 e. The van der Waals surface area contributed by atoms with Crippen LogP contribution in [0, 0.1) is 11.7 Å². The van der Waals surface area contributed by atoms with Crippen LogP contribution in [0.3, 0.4) is 0 Å². The second-order valence-corrected chi connectivity index (χ2v) is 4.44. The Kier molecular flexibility index (Phi) is 6.03. The monoisotopic (exact) mass is 239 g/mol. The summed E-state index contributed by atoms with van der Waals surface area (Å²) < 4.78 is 13.6. The van der Waals surface area contributed by atoms with Crippen molar-refractivity contribution in [3.8, 4) is 0 Å². The third kappa shape index (κ3) is 3.63. The van der Waals surface area contributed by atoms with Crippen molar-refractivity contribution in [2.24, 2.45) is 5.92 Å². The summed E-state index contributed by atoms with van der Waals surface area (Å²) in [6.07, 6.45) is 0. The second kappa shape index (κ2) is 6.50. The first kappa shape index (κ1) is 15.8. The summed E-state index contributed by atoms with van der Waals surface area (Å²) in [5, 5.41) is 0. The van der Waals surface area contributed by atoms with Crippen LogP contribution < -0.4 is 0 Å². The van der Waals surface area contributed by atoms with Crippen molar-refractivity contribution < 1.29 is 9.18 Å². The highest BCUT2D eigenvalue weighted by atomic mass is 19.1. The summed E-state index contributed by atoms with van der Waals surface area (Å²) in [5.74, 6) is -0.391. The molecule has 1 atom stereocenters. The zero-order chi connectivity index (χ0) is 12.3. The number of benzene rings is 1. The van der Waals surface area contributed by atoms with Gasteiger partial charge in [-0.15, -0.1) is 0 Å². The number of hydrogen-bond donors (Lipinski definition) is 0. The predicted molar refractivity (Wildman–Crippen MR) is 69.4 cm³/mol. The Morgan fingerprint density at radius 3 is 2.18 bits per heavy atom. The molecule has 0 aliphatic rings. The molecule has 0 fully saturated rings. The van der Waals surface area contributed by atoms with Crippen LogP contribution in [-0.4, -0.2) is 24.8 Å². The molecule has 0 aliphatic heterocycles. The Balaban J connectivity index is 0.00000256. The Labute approximate surface area is 103 Å². The topological polar surface area (TPSA) is 20.3 Å². The summed E-state index contributed by atoms with van der Waals surface area (Å²) in [5.41, 5.74) is 0.450. The number of ketones is 1. The average Bonchev–Trinajstić information content (AvgIpc) is 2.20. The molecule has 0 aliphatic carbocycles. The summed E-state index contributed by atoms with van der Waals surface area (Å²) in [7, 11) is 3.58. The summed E-state index contributed by atoms with van der Waals surface area (Å²) >= 11 is 0. The van der Waals surface area contributed by atoms with Gasteiger partial charge in [0, 0.05) is 11.5 Å². The molecule has 0 N–H and O–H groups in total. The molecule has 1 unspecified atom stereocenters. The zero-order valence-corrected chi connectivity index (χ0v) is 10.2. The van der Waals surface area contributed by atoms with Crippen LogP contribution in [0.4, 0.5) is 4.39 Å². The number of rotatable bonds is 4. The van der Waals surface area contributed by atoms with Crippen LogP contribution in [0.5, 0.6) is 0 Å². The largest absolute Gasteiger partial charge is 0.297 e. The Morgan fingerprint density at radius 2 is 1.76 bits per heavy atom. The third-order valence-corrected chi connectivity index (χ3v) is 2.55. The van der Waals surface area contributed by atoms with E-state index < -0.39 is 6.04 Å². The van der Waals surface area contributed by atoms with E-state index in [0.717, 1.165) is 0 Å².